The maximum atomic E-state index is 12.1. The van der Waals surface area contributed by atoms with Crippen molar-refractivity contribution >= 4 is 5.91 Å². The predicted octanol–water partition coefficient (Wildman–Crippen LogP) is 3.81. The normalized spacial score (nSPS) is 11.8. The molecule has 1 atom stereocenters. The van der Waals surface area contributed by atoms with E-state index in [9.17, 15) is 4.79 Å². The molecule has 1 amide bonds. The molecule has 0 fully saturated rings. The number of nitrogens with one attached hydrogen (secondary N) is 1. The first-order chi connectivity index (χ1) is 10.6. The highest BCUT2D eigenvalue weighted by atomic mass is 16.5. The molecule has 2 rings (SSSR count). The zero-order chi connectivity index (χ0) is 15.9. The number of carbonyl (C=O) groups is 1. The Hall–Kier alpha value is -2.29. The summed E-state index contributed by atoms with van der Waals surface area (Å²) in [6.07, 6.45) is 1.22. The maximum Gasteiger partial charge on any atom is 0.220 e. The van der Waals surface area contributed by atoms with Crippen LogP contribution in [-0.2, 0) is 11.2 Å². The summed E-state index contributed by atoms with van der Waals surface area (Å²) in [5.74, 6) is 0.907. The fourth-order valence-corrected chi connectivity index (χ4v) is 2.30. The maximum absolute atomic E-state index is 12.1. The molecular formula is C19H23NO2. The third-order valence-corrected chi connectivity index (χ3v) is 3.75. The first-order valence-electron chi connectivity index (χ1n) is 7.57. The number of hydrogen-bond donors (Lipinski definition) is 1. The molecular weight excluding hydrogens is 274 g/mol. The lowest BCUT2D eigenvalue weighted by molar-refractivity contribution is -0.121. The molecule has 0 heterocycles. The Bertz CT molecular complexity index is 602. The van der Waals surface area contributed by atoms with Gasteiger partial charge in [0.05, 0.1) is 13.2 Å². The molecule has 0 aliphatic heterocycles. The summed E-state index contributed by atoms with van der Waals surface area (Å²) in [7, 11) is 1.65. The molecule has 0 aliphatic rings. The van der Waals surface area contributed by atoms with Gasteiger partial charge in [0, 0.05) is 6.42 Å². The minimum atomic E-state index is 0.0315. The molecule has 116 valence electrons. The number of carbonyl (C=O) groups excluding carboxylic acids is 1. The van der Waals surface area contributed by atoms with Crippen LogP contribution in [-0.4, -0.2) is 13.0 Å². The minimum absolute atomic E-state index is 0.0315. The van der Waals surface area contributed by atoms with Crippen molar-refractivity contribution in [3.05, 3.63) is 65.2 Å². The average molecular weight is 297 g/mol. The Morgan fingerprint density at radius 3 is 2.32 bits per heavy atom. The summed E-state index contributed by atoms with van der Waals surface area (Å²) in [5.41, 5.74) is 3.49. The van der Waals surface area contributed by atoms with Crippen molar-refractivity contribution < 1.29 is 9.53 Å². The largest absolute Gasteiger partial charge is 0.497 e. The lowest BCUT2D eigenvalue weighted by atomic mass is 10.1. The topological polar surface area (TPSA) is 38.3 Å². The number of aryl methyl sites for hydroxylation is 2. The Labute approximate surface area is 132 Å². The lowest BCUT2D eigenvalue weighted by Crippen LogP contribution is -2.26. The summed E-state index contributed by atoms with van der Waals surface area (Å²) in [5, 5.41) is 3.04. The number of ether oxygens (including phenoxy) is 1. The Morgan fingerprint density at radius 2 is 1.73 bits per heavy atom. The van der Waals surface area contributed by atoms with E-state index in [1.54, 1.807) is 7.11 Å². The zero-order valence-corrected chi connectivity index (χ0v) is 13.4. The molecule has 0 radical (unpaired) electrons. The third kappa shape index (κ3) is 4.62. The number of rotatable bonds is 6. The summed E-state index contributed by atoms with van der Waals surface area (Å²) in [4.78, 5) is 12.1. The molecule has 0 saturated heterocycles. The highest BCUT2D eigenvalue weighted by molar-refractivity contribution is 5.76. The van der Waals surface area contributed by atoms with Crippen molar-refractivity contribution in [1.82, 2.24) is 5.32 Å². The molecule has 1 N–H and O–H groups in total. The van der Waals surface area contributed by atoms with Crippen molar-refractivity contribution in [3.8, 4) is 5.75 Å². The fraction of sp³-hybridized carbons (Fsp3) is 0.316. The molecule has 22 heavy (non-hydrogen) atoms. The molecule has 3 nitrogen and oxygen atoms in total. The van der Waals surface area contributed by atoms with E-state index in [1.165, 1.54) is 5.56 Å². The third-order valence-electron chi connectivity index (χ3n) is 3.75. The Morgan fingerprint density at radius 1 is 1.09 bits per heavy atom. The smallest absolute Gasteiger partial charge is 0.220 e. The summed E-state index contributed by atoms with van der Waals surface area (Å²) >= 11 is 0. The molecule has 0 spiro atoms. The average Bonchev–Trinajstić information content (AvgIpc) is 2.54. The standard InChI is InChI=1S/C19H23NO2/c1-14-4-9-17(10-5-14)15(2)20-19(21)13-8-16-6-11-18(22-3)12-7-16/h4-7,9-12,15H,8,13H2,1-3H3,(H,20,21)/t15-/m1/s1. The summed E-state index contributed by atoms with van der Waals surface area (Å²) in [6.45, 7) is 4.07. The van der Waals surface area contributed by atoms with Gasteiger partial charge in [0.1, 0.15) is 5.75 Å². The number of methoxy groups -OCH3 is 1. The predicted molar refractivity (Wildman–Crippen MR) is 89.1 cm³/mol. The lowest BCUT2D eigenvalue weighted by Gasteiger charge is -2.14. The van der Waals surface area contributed by atoms with Crippen LogP contribution in [0.1, 0.15) is 36.1 Å². The van der Waals surface area contributed by atoms with Gasteiger partial charge in [0.25, 0.3) is 0 Å². The van der Waals surface area contributed by atoms with Gasteiger partial charge in [-0.15, -0.1) is 0 Å². The van der Waals surface area contributed by atoms with Gasteiger partial charge < -0.3 is 10.1 Å². The number of amides is 1. The van der Waals surface area contributed by atoms with Crippen LogP contribution in [0.25, 0.3) is 0 Å². The molecule has 0 aromatic heterocycles. The number of benzene rings is 2. The van der Waals surface area contributed by atoms with E-state index in [-0.39, 0.29) is 11.9 Å². The molecule has 0 saturated carbocycles. The first-order valence-corrected chi connectivity index (χ1v) is 7.57. The van der Waals surface area contributed by atoms with Crippen LogP contribution in [0.5, 0.6) is 5.75 Å². The van der Waals surface area contributed by atoms with E-state index < -0.39 is 0 Å². The fourth-order valence-electron chi connectivity index (χ4n) is 2.30. The highest BCUT2D eigenvalue weighted by Gasteiger charge is 2.09. The monoisotopic (exact) mass is 297 g/mol. The quantitative estimate of drug-likeness (QED) is 0.880. The Balaban J connectivity index is 1.83. The van der Waals surface area contributed by atoms with Crippen molar-refractivity contribution in [2.24, 2.45) is 0 Å². The molecule has 2 aromatic rings. The minimum Gasteiger partial charge on any atom is -0.497 e. The van der Waals surface area contributed by atoms with Crippen molar-refractivity contribution in [1.29, 1.82) is 0 Å². The van der Waals surface area contributed by atoms with Crippen molar-refractivity contribution in [2.75, 3.05) is 7.11 Å². The van der Waals surface area contributed by atoms with Crippen molar-refractivity contribution in [2.45, 2.75) is 32.7 Å². The van der Waals surface area contributed by atoms with E-state index in [0.717, 1.165) is 23.3 Å². The van der Waals surface area contributed by atoms with Gasteiger partial charge in [0.15, 0.2) is 0 Å². The molecule has 0 bridgehead atoms. The van der Waals surface area contributed by atoms with Crippen LogP contribution in [0.3, 0.4) is 0 Å². The van der Waals surface area contributed by atoms with E-state index in [2.05, 4.69) is 36.5 Å². The second-order valence-corrected chi connectivity index (χ2v) is 5.55. The van der Waals surface area contributed by atoms with Gasteiger partial charge in [-0.2, -0.15) is 0 Å². The molecule has 2 aromatic carbocycles. The highest BCUT2D eigenvalue weighted by Crippen LogP contribution is 2.15. The van der Waals surface area contributed by atoms with Crippen LogP contribution in [0, 0.1) is 6.92 Å². The summed E-state index contributed by atoms with van der Waals surface area (Å²) < 4.78 is 5.13. The van der Waals surface area contributed by atoms with Crippen LogP contribution >= 0.6 is 0 Å². The molecule has 0 aliphatic carbocycles. The van der Waals surface area contributed by atoms with Crippen molar-refractivity contribution in [3.63, 3.8) is 0 Å². The van der Waals surface area contributed by atoms with E-state index >= 15 is 0 Å². The number of hydrogen-bond acceptors (Lipinski definition) is 2. The second kappa shape index (κ2) is 7.64. The van der Waals surface area contributed by atoms with Gasteiger partial charge in [-0.05, 0) is 43.5 Å². The second-order valence-electron chi connectivity index (χ2n) is 5.55. The van der Waals surface area contributed by atoms with Gasteiger partial charge in [-0.1, -0.05) is 42.0 Å². The Kier molecular flexibility index (Phi) is 5.59. The summed E-state index contributed by atoms with van der Waals surface area (Å²) in [6, 6.07) is 16.1. The molecule has 3 heteroatoms. The van der Waals surface area contributed by atoms with Crippen LogP contribution in [0.2, 0.25) is 0 Å². The molecule has 0 unspecified atom stereocenters. The SMILES string of the molecule is COc1ccc(CCC(=O)N[C@H](C)c2ccc(C)cc2)cc1. The van der Waals surface area contributed by atoms with E-state index in [4.69, 9.17) is 4.74 Å². The van der Waals surface area contributed by atoms with E-state index in [1.807, 2.05) is 31.2 Å². The van der Waals surface area contributed by atoms with Crippen LogP contribution in [0.4, 0.5) is 0 Å². The zero-order valence-electron chi connectivity index (χ0n) is 13.4. The first kappa shape index (κ1) is 16.1. The van der Waals surface area contributed by atoms with Gasteiger partial charge >= 0.3 is 0 Å². The van der Waals surface area contributed by atoms with Gasteiger partial charge in [0.2, 0.25) is 5.91 Å². The van der Waals surface area contributed by atoms with Gasteiger partial charge in [-0.3, -0.25) is 4.79 Å². The van der Waals surface area contributed by atoms with Gasteiger partial charge in [-0.25, -0.2) is 0 Å². The van der Waals surface area contributed by atoms with E-state index in [0.29, 0.717) is 6.42 Å². The van der Waals surface area contributed by atoms with Crippen LogP contribution < -0.4 is 10.1 Å². The van der Waals surface area contributed by atoms with Crippen LogP contribution in [0.15, 0.2) is 48.5 Å².